The lowest BCUT2D eigenvalue weighted by molar-refractivity contribution is 0.0950. The molecule has 3 N–H and O–H groups in total. The summed E-state index contributed by atoms with van der Waals surface area (Å²) in [5, 5.41) is 2.77. The molecule has 0 spiro atoms. The zero-order valence-corrected chi connectivity index (χ0v) is 14.2. The van der Waals surface area contributed by atoms with Crippen molar-refractivity contribution in [2.24, 2.45) is 0 Å². The minimum Gasteiger partial charge on any atom is -0.348 e. The van der Waals surface area contributed by atoms with Crippen molar-refractivity contribution in [2.45, 2.75) is 13.5 Å². The Bertz CT molecular complexity index is 1040. The van der Waals surface area contributed by atoms with Crippen molar-refractivity contribution in [1.82, 2.24) is 20.3 Å². The molecule has 8 heteroatoms. The number of halogens is 1. The van der Waals surface area contributed by atoms with Crippen LogP contribution in [0.2, 0.25) is 0 Å². The molecule has 0 aliphatic carbocycles. The maximum Gasteiger partial charge on any atom is 0.314 e. The fraction of sp³-hybridized carbons (Fsp3) is 0.125. The Morgan fingerprint density at radius 3 is 2.67 bits per heavy atom. The highest BCUT2D eigenvalue weighted by Gasteiger charge is 2.10. The number of H-pyrrole nitrogens is 2. The van der Waals surface area contributed by atoms with E-state index in [1.165, 1.54) is 6.20 Å². The molecule has 0 aliphatic rings. The molecule has 2 heterocycles. The molecule has 24 heavy (non-hydrogen) atoms. The first kappa shape index (κ1) is 16.1. The first-order chi connectivity index (χ1) is 11.4. The third kappa shape index (κ3) is 3.28. The van der Waals surface area contributed by atoms with Gasteiger partial charge in [0.05, 0.1) is 16.6 Å². The number of hydrogen-bond acceptors (Lipinski definition) is 4. The number of aromatic amines is 2. The van der Waals surface area contributed by atoms with E-state index in [2.05, 4.69) is 36.2 Å². The average molecular weight is 389 g/mol. The van der Waals surface area contributed by atoms with Gasteiger partial charge in [0.15, 0.2) is 0 Å². The van der Waals surface area contributed by atoms with Crippen LogP contribution in [0, 0.1) is 6.92 Å². The lowest BCUT2D eigenvalue weighted by Gasteiger charge is -2.09. The highest BCUT2D eigenvalue weighted by molar-refractivity contribution is 9.10. The summed E-state index contributed by atoms with van der Waals surface area (Å²) in [4.78, 5) is 44.3. The maximum atomic E-state index is 12.2. The van der Waals surface area contributed by atoms with Gasteiger partial charge in [-0.3, -0.25) is 19.4 Å². The number of aromatic nitrogens is 3. The Morgan fingerprint density at radius 2 is 1.96 bits per heavy atom. The summed E-state index contributed by atoms with van der Waals surface area (Å²) in [6, 6.07) is 6.90. The number of carbonyl (C=O) groups is 1. The monoisotopic (exact) mass is 388 g/mol. The molecular formula is C16H13BrN4O3. The van der Waals surface area contributed by atoms with E-state index in [9.17, 15) is 14.4 Å². The number of carbonyl (C=O) groups excluding carboxylic acids is 1. The normalized spacial score (nSPS) is 10.8. The van der Waals surface area contributed by atoms with Crippen LogP contribution in [0.15, 0.2) is 44.5 Å². The molecule has 0 saturated carbocycles. The van der Waals surface area contributed by atoms with Crippen LogP contribution in [-0.4, -0.2) is 20.9 Å². The first-order valence-corrected chi connectivity index (χ1v) is 7.89. The first-order valence-electron chi connectivity index (χ1n) is 7.09. The van der Waals surface area contributed by atoms with E-state index in [0.717, 1.165) is 10.2 Å². The Hall–Kier alpha value is -2.74. The average Bonchev–Trinajstić information content (AvgIpc) is 2.54. The predicted molar refractivity (Wildman–Crippen MR) is 93.0 cm³/mol. The van der Waals surface area contributed by atoms with Crippen molar-refractivity contribution < 1.29 is 4.79 Å². The van der Waals surface area contributed by atoms with E-state index >= 15 is 0 Å². The minimum atomic E-state index is -0.736. The maximum absolute atomic E-state index is 12.2. The van der Waals surface area contributed by atoms with Crippen molar-refractivity contribution in [3.8, 4) is 0 Å². The van der Waals surface area contributed by atoms with Crippen molar-refractivity contribution >= 4 is 32.9 Å². The van der Waals surface area contributed by atoms with Crippen LogP contribution in [0.5, 0.6) is 0 Å². The van der Waals surface area contributed by atoms with Crippen LogP contribution < -0.4 is 16.4 Å². The van der Waals surface area contributed by atoms with Gasteiger partial charge in [-0.2, -0.15) is 0 Å². The molecule has 0 radical (unpaired) electrons. The van der Waals surface area contributed by atoms with Gasteiger partial charge in [-0.15, -0.1) is 0 Å². The quantitative estimate of drug-likeness (QED) is 0.592. The van der Waals surface area contributed by atoms with Crippen molar-refractivity contribution in [3.63, 3.8) is 0 Å². The summed E-state index contributed by atoms with van der Waals surface area (Å²) in [6.07, 6.45) is 1.50. The molecule has 0 bridgehead atoms. The van der Waals surface area contributed by atoms with Crippen molar-refractivity contribution in [2.75, 3.05) is 0 Å². The Balaban J connectivity index is 1.91. The molecular weight excluding hydrogens is 376 g/mol. The van der Waals surface area contributed by atoms with Gasteiger partial charge in [-0.1, -0.05) is 15.9 Å². The second-order valence-electron chi connectivity index (χ2n) is 5.27. The number of rotatable bonds is 3. The van der Waals surface area contributed by atoms with Crippen LogP contribution in [0.4, 0.5) is 0 Å². The van der Waals surface area contributed by atoms with Gasteiger partial charge in [0.1, 0.15) is 0 Å². The summed E-state index contributed by atoms with van der Waals surface area (Å²) in [6.45, 7) is 2.02. The number of nitrogens with zero attached hydrogens (tertiary/aromatic N) is 1. The van der Waals surface area contributed by atoms with Gasteiger partial charge < -0.3 is 15.3 Å². The molecule has 0 aliphatic heterocycles. The standard InChI is InChI=1S/C16H13BrN4O3/c1-8-2-3-9(6-18-8)14(22)19-7-10-4-11(17)5-12-13(10)21-16(24)15(23)20-12/h2-6H,7H2,1H3,(H,19,22)(H,20,23)(H,21,24). The zero-order valence-electron chi connectivity index (χ0n) is 12.6. The van der Waals surface area contributed by atoms with E-state index in [1.807, 2.05) is 6.92 Å². The van der Waals surface area contributed by atoms with Crippen LogP contribution in [0.3, 0.4) is 0 Å². The molecule has 0 unspecified atom stereocenters. The van der Waals surface area contributed by atoms with Crippen molar-refractivity contribution in [3.05, 3.63) is 72.5 Å². The fourth-order valence-corrected chi connectivity index (χ4v) is 2.78. The van der Waals surface area contributed by atoms with Crippen LogP contribution >= 0.6 is 15.9 Å². The lowest BCUT2D eigenvalue weighted by Crippen LogP contribution is -2.30. The number of fused-ring (bicyclic) bond motifs is 1. The third-order valence-electron chi connectivity index (χ3n) is 3.49. The van der Waals surface area contributed by atoms with Crippen molar-refractivity contribution in [1.29, 1.82) is 0 Å². The smallest absolute Gasteiger partial charge is 0.314 e. The van der Waals surface area contributed by atoms with Gasteiger partial charge in [0.2, 0.25) is 0 Å². The molecule has 0 saturated heterocycles. The summed E-state index contributed by atoms with van der Waals surface area (Å²) >= 11 is 3.35. The fourth-order valence-electron chi connectivity index (χ4n) is 2.28. The van der Waals surface area contributed by atoms with E-state index in [0.29, 0.717) is 22.2 Å². The summed E-state index contributed by atoms with van der Waals surface area (Å²) < 4.78 is 0.721. The minimum absolute atomic E-state index is 0.185. The zero-order chi connectivity index (χ0) is 17.3. The Morgan fingerprint density at radius 1 is 1.21 bits per heavy atom. The third-order valence-corrected chi connectivity index (χ3v) is 3.95. The highest BCUT2D eigenvalue weighted by atomic mass is 79.9. The van der Waals surface area contributed by atoms with E-state index in [-0.39, 0.29) is 12.5 Å². The summed E-state index contributed by atoms with van der Waals surface area (Å²) in [5.74, 6) is -0.276. The molecule has 7 nitrogen and oxygen atoms in total. The number of benzene rings is 1. The molecule has 0 atom stereocenters. The summed E-state index contributed by atoms with van der Waals surface area (Å²) in [5.41, 5.74) is 1.44. The second-order valence-corrected chi connectivity index (χ2v) is 6.18. The Labute approximate surface area is 144 Å². The molecule has 3 aromatic rings. The molecule has 1 amide bonds. The molecule has 1 aromatic carbocycles. The molecule has 122 valence electrons. The van der Waals surface area contributed by atoms with E-state index in [1.54, 1.807) is 24.3 Å². The van der Waals surface area contributed by atoms with E-state index in [4.69, 9.17) is 0 Å². The number of amides is 1. The van der Waals surface area contributed by atoms with Gasteiger partial charge >= 0.3 is 11.1 Å². The molecule has 0 fully saturated rings. The van der Waals surface area contributed by atoms with Crippen LogP contribution in [-0.2, 0) is 6.54 Å². The van der Waals surface area contributed by atoms with Crippen LogP contribution in [0.1, 0.15) is 21.6 Å². The number of nitrogens with one attached hydrogen (secondary N) is 3. The second kappa shape index (κ2) is 6.40. The largest absolute Gasteiger partial charge is 0.348 e. The molecule has 3 rings (SSSR count). The lowest BCUT2D eigenvalue weighted by atomic mass is 10.1. The van der Waals surface area contributed by atoms with Gasteiger partial charge in [0.25, 0.3) is 5.91 Å². The van der Waals surface area contributed by atoms with Gasteiger partial charge in [-0.25, -0.2) is 0 Å². The topological polar surface area (TPSA) is 108 Å². The van der Waals surface area contributed by atoms with Crippen LogP contribution in [0.25, 0.3) is 11.0 Å². The highest BCUT2D eigenvalue weighted by Crippen LogP contribution is 2.20. The number of aryl methyl sites for hydroxylation is 1. The molecule has 2 aromatic heterocycles. The number of hydrogen-bond donors (Lipinski definition) is 3. The summed E-state index contributed by atoms with van der Waals surface area (Å²) in [7, 11) is 0. The van der Waals surface area contributed by atoms with Gasteiger partial charge in [-0.05, 0) is 36.8 Å². The van der Waals surface area contributed by atoms with Gasteiger partial charge in [0, 0.05) is 22.9 Å². The predicted octanol–water partition coefficient (Wildman–Crippen LogP) is 1.61. The Kier molecular flexibility index (Phi) is 4.30. The number of pyridine rings is 1. The van der Waals surface area contributed by atoms with E-state index < -0.39 is 11.1 Å². The SMILES string of the molecule is Cc1ccc(C(=O)NCc2cc(Br)cc3[nH]c(=O)c(=O)[nH]c23)cn1.